The van der Waals surface area contributed by atoms with Gasteiger partial charge in [0.2, 0.25) is 0 Å². The molecule has 1 aliphatic rings. The van der Waals surface area contributed by atoms with Crippen LogP contribution in [0.2, 0.25) is 0 Å². The molecule has 1 aliphatic carbocycles. The first-order valence-electron chi connectivity index (χ1n) is 6.97. The predicted molar refractivity (Wildman–Crippen MR) is 74.1 cm³/mol. The van der Waals surface area contributed by atoms with Gasteiger partial charge in [-0.05, 0) is 55.2 Å². The van der Waals surface area contributed by atoms with Crippen LogP contribution in [0.25, 0.3) is 0 Å². The first kappa shape index (κ1) is 12.6. The van der Waals surface area contributed by atoms with Crippen LogP contribution in [0.4, 0.5) is 0 Å². The van der Waals surface area contributed by atoms with Crippen LogP contribution in [0.5, 0.6) is 0 Å². The predicted octanol–water partition coefficient (Wildman–Crippen LogP) is 3.79. The molecule has 1 aromatic carbocycles. The zero-order chi connectivity index (χ0) is 12.5. The van der Waals surface area contributed by atoms with Gasteiger partial charge in [-0.3, -0.25) is 0 Å². The number of aryl methyl sites for hydroxylation is 2. The smallest absolute Gasteiger partial charge is 0.0406 e. The third-order valence-corrected chi connectivity index (χ3v) is 4.61. The highest BCUT2D eigenvalue weighted by atomic mass is 14.7. The van der Waals surface area contributed by atoms with E-state index < -0.39 is 0 Å². The van der Waals surface area contributed by atoms with Crippen LogP contribution in [0.15, 0.2) is 18.2 Å². The van der Waals surface area contributed by atoms with Crippen molar-refractivity contribution < 1.29 is 0 Å². The van der Waals surface area contributed by atoms with E-state index in [1.54, 1.807) is 5.56 Å². The Morgan fingerprint density at radius 2 is 1.88 bits per heavy atom. The summed E-state index contributed by atoms with van der Waals surface area (Å²) >= 11 is 0. The van der Waals surface area contributed by atoms with Crippen LogP contribution in [-0.2, 0) is 18.4 Å². The molecule has 0 saturated heterocycles. The zero-order valence-corrected chi connectivity index (χ0v) is 11.4. The van der Waals surface area contributed by atoms with E-state index >= 15 is 0 Å². The molecule has 2 unspecified atom stereocenters. The van der Waals surface area contributed by atoms with Crippen molar-refractivity contribution in [3.63, 3.8) is 0 Å². The summed E-state index contributed by atoms with van der Waals surface area (Å²) in [5.74, 6) is 0.518. The molecular formula is C16H25N. The summed E-state index contributed by atoms with van der Waals surface area (Å²) in [5, 5.41) is 0. The Kier molecular flexibility index (Phi) is 3.58. The minimum Gasteiger partial charge on any atom is -0.321 e. The van der Waals surface area contributed by atoms with Crippen LogP contribution >= 0.6 is 0 Å². The minimum absolute atomic E-state index is 0.193. The van der Waals surface area contributed by atoms with Crippen LogP contribution in [-0.4, -0.2) is 0 Å². The summed E-state index contributed by atoms with van der Waals surface area (Å²) in [4.78, 5) is 0. The molecule has 1 aromatic rings. The SMILES string of the molecule is CCC(C)C(C)(N)c1ccc2c(c1)CCCC2. The van der Waals surface area contributed by atoms with Gasteiger partial charge < -0.3 is 5.73 Å². The van der Waals surface area contributed by atoms with Crippen molar-refractivity contribution in [3.8, 4) is 0 Å². The first-order valence-corrected chi connectivity index (χ1v) is 6.97. The number of hydrogen-bond donors (Lipinski definition) is 1. The molecule has 0 radical (unpaired) electrons. The lowest BCUT2D eigenvalue weighted by Gasteiger charge is -2.33. The third-order valence-electron chi connectivity index (χ3n) is 4.61. The lowest BCUT2D eigenvalue weighted by Crippen LogP contribution is -2.39. The molecule has 1 heteroatoms. The van der Waals surface area contributed by atoms with E-state index in [4.69, 9.17) is 5.73 Å². The number of fused-ring (bicyclic) bond motifs is 1. The monoisotopic (exact) mass is 231 g/mol. The van der Waals surface area contributed by atoms with Crippen molar-refractivity contribution in [1.29, 1.82) is 0 Å². The van der Waals surface area contributed by atoms with Crippen LogP contribution in [0, 0.1) is 5.92 Å². The molecule has 1 nitrogen and oxygen atoms in total. The fraction of sp³-hybridized carbons (Fsp3) is 0.625. The Balaban J connectivity index is 2.33. The zero-order valence-electron chi connectivity index (χ0n) is 11.4. The topological polar surface area (TPSA) is 26.0 Å². The highest BCUT2D eigenvalue weighted by Crippen LogP contribution is 2.31. The standard InChI is InChI=1S/C16H25N/c1-4-12(2)16(3,17)15-10-9-13-7-5-6-8-14(13)11-15/h9-12H,4-8,17H2,1-3H3. The van der Waals surface area contributed by atoms with Crippen LogP contribution < -0.4 is 5.73 Å². The van der Waals surface area contributed by atoms with E-state index in [0.29, 0.717) is 5.92 Å². The van der Waals surface area contributed by atoms with Crippen LogP contribution in [0.3, 0.4) is 0 Å². The second kappa shape index (κ2) is 4.81. The third kappa shape index (κ3) is 2.40. The Bertz CT molecular complexity index is 393. The van der Waals surface area contributed by atoms with E-state index in [9.17, 15) is 0 Å². The molecule has 2 atom stereocenters. The van der Waals surface area contributed by atoms with Gasteiger partial charge in [0.05, 0.1) is 0 Å². The summed E-state index contributed by atoms with van der Waals surface area (Å²) in [5.41, 5.74) is 10.7. The van der Waals surface area contributed by atoms with Gasteiger partial charge in [0, 0.05) is 5.54 Å². The second-order valence-electron chi connectivity index (χ2n) is 5.78. The average molecular weight is 231 g/mol. The van der Waals surface area contributed by atoms with Crippen molar-refractivity contribution in [1.82, 2.24) is 0 Å². The van der Waals surface area contributed by atoms with Gasteiger partial charge in [-0.15, -0.1) is 0 Å². The van der Waals surface area contributed by atoms with Gasteiger partial charge in [-0.1, -0.05) is 38.5 Å². The minimum atomic E-state index is -0.193. The molecule has 0 amide bonds. The second-order valence-corrected chi connectivity index (χ2v) is 5.78. The van der Waals surface area contributed by atoms with E-state index in [1.165, 1.54) is 36.8 Å². The van der Waals surface area contributed by atoms with Crippen molar-refractivity contribution in [2.75, 3.05) is 0 Å². The lowest BCUT2D eigenvalue weighted by atomic mass is 9.78. The molecule has 0 spiro atoms. The van der Waals surface area contributed by atoms with Crippen molar-refractivity contribution in [2.45, 2.75) is 58.4 Å². The summed E-state index contributed by atoms with van der Waals surface area (Å²) in [6, 6.07) is 6.91. The number of rotatable bonds is 3. The van der Waals surface area contributed by atoms with Crippen molar-refractivity contribution in [2.24, 2.45) is 11.7 Å². The van der Waals surface area contributed by atoms with E-state index in [-0.39, 0.29) is 5.54 Å². The quantitative estimate of drug-likeness (QED) is 0.841. The molecule has 17 heavy (non-hydrogen) atoms. The molecule has 0 fully saturated rings. The highest BCUT2D eigenvalue weighted by molar-refractivity contribution is 5.37. The van der Waals surface area contributed by atoms with Crippen LogP contribution in [0.1, 0.15) is 56.7 Å². The van der Waals surface area contributed by atoms with Crippen molar-refractivity contribution in [3.05, 3.63) is 34.9 Å². The fourth-order valence-corrected chi connectivity index (χ4v) is 2.78. The summed E-state index contributed by atoms with van der Waals surface area (Å²) in [6.45, 7) is 6.64. The Morgan fingerprint density at radius 1 is 1.24 bits per heavy atom. The molecule has 0 bridgehead atoms. The fourth-order valence-electron chi connectivity index (χ4n) is 2.78. The van der Waals surface area contributed by atoms with Crippen molar-refractivity contribution >= 4 is 0 Å². The summed E-state index contributed by atoms with van der Waals surface area (Å²) < 4.78 is 0. The maximum Gasteiger partial charge on any atom is 0.0406 e. The Labute approximate surface area is 105 Å². The maximum absolute atomic E-state index is 6.53. The van der Waals surface area contributed by atoms with Gasteiger partial charge in [-0.25, -0.2) is 0 Å². The van der Waals surface area contributed by atoms with Gasteiger partial charge in [0.25, 0.3) is 0 Å². The molecule has 0 aliphatic heterocycles. The molecular weight excluding hydrogens is 206 g/mol. The number of hydrogen-bond acceptors (Lipinski definition) is 1. The molecule has 0 saturated carbocycles. The van der Waals surface area contributed by atoms with Gasteiger partial charge in [-0.2, -0.15) is 0 Å². The largest absolute Gasteiger partial charge is 0.321 e. The maximum atomic E-state index is 6.53. The summed E-state index contributed by atoms with van der Waals surface area (Å²) in [6.07, 6.45) is 6.29. The molecule has 2 rings (SSSR count). The molecule has 94 valence electrons. The number of benzene rings is 1. The lowest BCUT2D eigenvalue weighted by molar-refractivity contribution is 0.315. The molecule has 2 N–H and O–H groups in total. The van der Waals surface area contributed by atoms with E-state index in [2.05, 4.69) is 39.0 Å². The average Bonchev–Trinajstić information content (AvgIpc) is 2.37. The molecule has 0 heterocycles. The van der Waals surface area contributed by atoms with Gasteiger partial charge >= 0.3 is 0 Å². The Morgan fingerprint density at radius 3 is 2.53 bits per heavy atom. The van der Waals surface area contributed by atoms with Gasteiger partial charge in [0.15, 0.2) is 0 Å². The highest BCUT2D eigenvalue weighted by Gasteiger charge is 2.28. The van der Waals surface area contributed by atoms with E-state index in [1.807, 2.05) is 0 Å². The number of nitrogens with two attached hydrogens (primary N) is 1. The molecule has 0 aromatic heterocycles. The van der Waals surface area contributed by atoms with Gasteiger partial charge in [0.1, 0.15) is 0 Å². The summed E-state index contributed by atoms with van der Waals surface area (Å²) in [7, 11) is 0. The first-order chi connectivity index (χ1) is 8.05. The Hall–Kier alpha value is -0.820. The van der Waals surface area contributed by atoms with E-state index in [0.717, 1.165) is 6.42 Å². The normalized spacial score (nSPS) is 20.5.